The molecule has 5 nitrogen and oxygen atoms in total. The minimum atomic E-state index is -3.49. The van der Waals surface area contributed by atoms with Gasteiger partial charge in [0, 0.05) is 12.6 Å². The maximum atomic E-state index is 12.3. The molecule has 0 radical (unpaired) electrons. The summed E-state index contributed by atoms with van der Waals surface area (Å²) in [6, 6.07) is 15.1. The van der Waals surface area contributed by atoms with Crippen molar-refractivity contribution < 1.29 is 12.9 Å². The SMILES string of the molecule is Cc1cc(-c2ccc(S(=O)(=O)NCCCc3ccccc3)s2)on1. The molecule has 0 aliphatic heterocycles. The van der Waals surface area contributed by atoms with Gasteiger partial charge in [0.2, 0.25) is 10.0 Å². The van der Waals surface area contributed by atoms with E-state index in [9.17, 15) is 8.42 Å². The smallest absolute Gasteiger partial charge is 0.250 e. The molecule has 0 fully saturated rings. The first-order chi connectivity index (χ1) is 11.5. The highest BCUT2D eigenvalue weighted by Crippen LogP contribution is 2.30. The molecule has 7 heteroatoms. The van der Waals surface area contributed by atoms with Crippen molar-refractivity contribution in [1.82, 2.24) is 9.88 Å². The minimum absolute atomic E-state index is 0.284. The number of nitrogens with zero attached hydrogens (tertiary/aromatic N) is 1. The summed E-state index contributed by atoms with van der Waals surface area (Å²) < 4.78 is 32.8. The summed E-state index contributed by atoms with van der Waals surface area (Å²) in [5, 5.41) is 3.82. The fourth-order valence-corrected chi connectivity index (χ4v) is 4.66. The van der Waals surface area contributed by atoms with Crippen LogP contribution in [0.3, 0.4) is 0 Å². The summed E-state index contributed by atoms with van der Waals surface area (Å²) in [5.74, 6) is 0.586. The lowest BCUT2D eigenvalue weighted by Crippen LogP contribution is -2.24. The summed E-state index contributed by atoms with van der Waals surface area (Å²) in [4.78, 5) is 0.750. The second kappa shape index (κ2) is 7.29. The molecule has 0 saturated carbocycles. The van der Waals surface area contributed by atoms with Gasteiger partial charge in [-0.1, -0.05) is 35.5 Å². The zero-order chi connectivity index (χ0) is 17.0. The Morgan fingerprint density at radius 1 is 1.17 bits per heavy atom. The number of sulfonamides is 1. The van der Waals surface area contributed by atoms with Gasteiger partial charge in [-0.2, -0.15) is 0 Å². The number of benzene rings is 1. The summed E-state index contributed by atoms with van der Waals surface area (Å²) >= 11 is 1.18. The second-order valence-electron chi connectivity index (χ2n) is 5.44. The number of hydrogen-bond acceptors (Lipinski definition) is 5. The first-order valence-corrected chi connectivity index (χ1v) is 9.92. The second-order valence-corrected chi connectivity index (χ2v) is 8.52. The molecule has 0 aliphatic rings. The zero-order valence-corrected chi connectivity index (χ0v) is 14.9. The monoisotopic (exact) mass is 362 g/mol. The van der Waals surface area contributed by atoms with Crippen LogP contribution in [0.4, 0.5) is 0 Å². The molecule has 1 aromatic carbocycles. The van der Waals surface area contributed by atoms with Crippen LogP contribution in [0.15, 0.2) is 57.3 Å². The van der Waals surface area contributed by atoms with Crippen LogP contribution in [0.5, 0.6) is 0 Å². The van der Waals surface area contributed by atoms with E-state index in [0.29, 0.717) is 12.3 Å². The van der Waals surface area contributed by atoms with Crippen LogP contribution in [0.25, 0.3) is 10.6 Å². The van der Waals surface area contributed by atoms with E-state index in [-0.39, 0.29) is 4.21 Å². The molecule has 0 atom stereocenters. The lowest BCUT2D eigenvalue weighted by atomic mass is 10.1. The van der Waals surface area contributed by atoms with E-state index in [1.54, 1.807) is 18.2 Å². The first kappa shape index (κ1) is 16.9. The third-order valence-corrected chi connectivity index (χ3v) is 6.55. The molecule has 0 bridgehead atoms. The van der Waals surface area contributed by atoms with Crippen molar-refractivity contribution in [3.05, 3.63) is 59.8 Å². The molecule has 2 heterocycles. The largest absolute Gasteiger partial charge is 0.355 e. The standard InChI is InChI=1S/C17H18N2O3S2/c1-13-12-15(22-19-13)16-9-10-17(23-16)24(20,21)18-11-5-8-14-6-3-2-4-7-14/h2-4,6-7,9-10,12,18H,5,8,11H2,1H3. The van der Waals surface area contributed by atoms with Crippen LogP contribution < -0.4 is 4.72 Å². The number of nitrogens with one attached hydrogen (secondary N) is 1. The van der Waals surface area contributed by atoms with Gasteiger partial charge < -0.3 is 4.52 Å². The van der Waals surface area contributed by atoms with Gasteiger partial charge in [0.15, 0.2) is 5.76 Å². The van der Waals surface area contributed by atoms with Crippen LogP contribution in [0, 0.1) is 6.92 Å². The number of thiophene rings is 1. The fourth-order valence-electron chi connectivity index (χ4n) is 2.29. The topological polar surface area (TPSA) is 72.2 Å². The fraction of sp³-hybridized carbons (Fsp3) is 0.235. The average Bonchev–Trinajstić information content (AvgIpc) is 3.22. The maximum absolute atomic E-state index is 12.3. The van der Waals surface area contributed by atoms with Crippen molar-refractivity contribution in [2.75, 3.05) is 6.54 Å². The van der Waals surface area contributed by atoms with E-state index >= 15 is 0 Å². The van der Waals surface area contributed by atoms with Gasteiger partial charge in [-0.3, -0.25) is 0 Å². The van der Waals surface area contributed by atoms with Gasteiger partial charge in [-0.15, -0.1) is 11.3 Å². The zero-order valence-electron chi connectivity index (χ0n) is 13.2. The Labute approximate surface area is 145 Å². The maximum Gasteiger partial charge on any atom is 0.250 e. The number of rotatable bonds is 7. The molecule has 24 heavy (non-hydrogen) atoms. The minimum Gasteiger partial charge on any atom is -0.355 e. The molecule has 0 saturated heterocycles. The van der Waals surface area contributed by atoms with Crippen molar-refractivity contribution in [2.24, 2.45) is 0 Å². The highest BCUT2D eigenvalue weighted by atomic mass is 32.2. The molecule has 1 N–H and O–H groups in total. The molecular formula is C17H18N2O3S2. The molecule has 0 spiro atoms. The van der Waals surface area contributed by atoms with Crippen molar-refractivity contribution in [3.8, 4) is 10.6 Å². The Morgan fingerprint density at radius 3 is 2.67 bits per heavy atom. The van der Waals surface area contributed by atoms with Crippen molar-refractivity contribution in [3.63, 3.8) is 0 Å². The van der Waals surface area contributed by atoms with Crippen LogP contribution in [-0.2, 0) is 16.4 Å². The third-order valence-electron chi connectivity index (χ3n) is 3.49. The lowest BCUT2D eigenvalue weighted by molar-refractivity contribution is 0.428. The molecular weight excluding hydrogens is 344 g/mol. The van der Waals surface area contributed by atoms with Gasteiger partial charge in [-0.05, 0) is 37.5 Å². The summed E-state index contributed by atoms with van der Waals surface area (Å²) in [6.07, 6.45) is 1.60. The van der Waals surface area contributed by atoms with Crippen LogP contribution in [0.2, 0.25) is 0 Å². The van der Waals surface area contributed by atoms with Crippen molar-refractivity contribution >= 4 is 21.4 Å². The Bertz CT molecular complexity index is 899. The molecule has 0 unspecified atom stereocenters. The van der Waals surface area contributed by atoms with Gasteiger partial charge in [0.25, 0.3) is 0 Å². The molecule has 126 valence electrons. The quantitative estimate of drug-likeness (QED) is 0.652. The van der Waals surface area contributed by atoms with E-state index in [4.69, 9.17) is 4.52 Å². The predicted octanol–water partition coefficient (Wildman–Crippen LogP) is 3.62. The Kier molecular flexibility index (Phi) is 5.13. The number of hydrogen-bond donors (Lipinski definition) is 1. The van der Waals surface area contributed by atoms with E-state index in [1.807, 2.05) is 37.3 Å². The lowest BCUT2D eigenvalue weighted by Gasteiger charge is -2.04. The van der Waals surface area contributed by atoms with Gasteiger partial charge in [0.1, 0.15) is 4.21 Å². The van der Waals surface area contributed by atoms with E-state index in [0.717, 1.165) is 23.4 Å². The first-order valence-electron chi connectivity index (χ1n) is 7.62. The van der Waals surface area contributed by atoms with Crippen molar-refractivity contribution in [2.45, 2.75) is 24.0 Å². The van der Waals surface area contributed by atoms with E-state index in [1.165, 1.54) is 16.9 Å². The highest BCUT2D eigenvalue weighted by Gasteiger charge is 2.18. The Hall–Kier alpha value is -1.96. The molecule has 0 aliphatic carbocycles. The van der Waals surface area contributed by atoms with Gasteiger partial charge in [0.05, 0.1) is 10.6 Å². The van der Waals surface area contributed by atoms with Crippen LogP contribution >= 0.6 is 11.3 Å². The molecule has 0 amide bonds. The predicted molar refractivity (Wildman–Crippen MR) is 94.5 cm³/mol. The summed E-state index contributed by atoms with van der Waals surface area (Å²) in [5.41, 5.74) is 1.97. The van der Waals surface area contributed by atoms with Crippen LogP contribution in [-0.4, -0.2) is 20.1 Å². The molecule has 3 aromatic rings. The van der Waals surface area contributed by atoms with Gasteiger partial charge >= 0.3 is 0 Å². The summed E-state index contributed by atoms with van der Waals surface area (Å²) in [6.45, 7) is 2.23. The normalized spacial score (nSPS) is 11.7. The summed E-state index contributed by atoms with van der Waals surface area (Å²) in [7, 11) is -3.49. The van der Waals surface area contributed by atoms with E-state index < -0.39 is 10.0 Å². The van der Waals surface area contributed by atoms with Crippen molar-refractivity contribution in [1.29, 1.82) is 0 Å². The van der Waals surface area contributed by atoms with E-state index in [2.05, 4.69) is 9.88 Å². The third kappa shape index (κ3) is 4.11. The molecule has 2 aromatic heterocycles. The average molecular weight is 362 g/mol. The Morgan fingerprint density at radius 2 is 1.96 bits per heavy atom. The highest BCUT2D eigenvalue weighted by molar-refractivity contribution is 7.91. The number of aryl methyl sites for hydroxylation is 2. The van der Waals surface area contributed by atoms with Crippen LogP contribution in [0.1, 0.15) is 17.7 Å². The molecule has 3 rings (SSSR count). The Balaban J connectivity index is 1.58. The van der Waals surface area contributed by atoms with Gasteiger partial charge in [-0.25, -0.2) is 13.1 Å². The number of aromatic nitrogens is 1.